The van der Waals surface area contributed by atoms with Gasteiger partial charge in [-0.15, -0.1) is 0 Å². The number of carbonyl (C=O) groups is 2. The summed E-state index contributed by atoms with van der Waals surface area (Å²) in [4.78, 5) is 25.3. The average molecular weight is 305 g/mol. The van der Waals surface area contributed by atoms with E-state index in [1.54, 1.807) is 0 Å². The van der Waals surface area contributed by atoms with Crippen LogP contribution in [0, 0.1) is 6.92 Å². The van der Waals surface area contributed by atoms with E-state index in [4.69, 9.17) is 4.52 Å². The van der Waals surface area contributed by atoms with Gasteiger partial charge in [0.1, 0.15) is 5.76 Å². The lowest BCUT2D eigenvalue weighted by Crippen LogP contribution is -2.37. The third kappa shape index (κ3) is 4.44. The quantitative estimate of drug-likeness (QED) is 0.776. The molecule has 2 amide bonds. The summed E-state index contributed by atoms with van der Waals surface area (Å²) in [6, 6.07) is 2.05. The molecule has 0 aliphatic carbocycles. The average Bonchev–Trinajstić information content (AvgIpc) is 3.13. The van der Waals surface area contributed by atoms with Crippen molar-refractivity contribution in [2.24, 2.45) is 0 Å². The first-order valence-corrected chi connectivity index (χ1v) is 7.72. The Kier molecular flexibility index (Phi) is 5.75. The first-order valence-electron chi connectivity index (χ1n) is 7.72. The van der Waals surface area contributed by atoms with E-state index >= 15 is 0 Å². The molecule has 0 aromatic carbocycles. The molecule has 6 nitrogen and oxygen atoms in total. The second-order valence-electron chi connectivity index (χ2n) is 5.60. The molecule has 6 heteroatoms. The van der Waals surface area contributed by atoms with Crippen LogP contribution in [0.2, 0.25) is 0 Å². The number of amides is 2. The summed E-state index contributed by atoms with van der Waals surface area (Å²) in [5.74, 6) is 0.735. The molecule has 1 aliphatic heterocycles. The van der Waals surface area contributed by atoms with E-state index in [1.165, 1.54) is 6.08 Å². The van der Waals surface area contributed by atoms with Gasteiger partial charge in [-0.2, -0.15) is 0 Å². The number of carbonyl (C=O) groups excluding carboxylic acids is 2. The Hall–Kier alpha value is -2.11. The van der Waals surface area contributed by atoms with Gasteiger partial charge in [0.25, 0.3) is 0 Å². The molecule has 0 bridgehead atoms. The monoisotopic (exact) mass is 305 g/mol. The van der Waals surface area contributed by atoms with Crippen molar-refractivity contribution in [3.05, 3.63) is 30.2 Å². The molecule has 1 fully saturated rings. The molecule has 1 aromatic heterocycles. The summed E-state index contributed by atoms with van der Waals surface area (Å²) >= 11 is 0. The summed E-state index contributed by atoms with van der Waals surface area (Å²) < 4.78 is 4.96. The van der Waals surface area contributed by atoms with Crippen molar-refractivity contribution in [1.82, 2.24) is 15.4 Å². The van der Waals surface area contributed by atoms with Gasteiger partial charge >= 0.3 is 0 Å². The van der Waals surface area contributed by atoms with Crippen LogP contribution in [-0.4, -0.2) is 41.0 Å². The van der Waals surface area contributed by atoms with Crippen LogP contribution >= 0.6 is 0 Å². The number of aryl methyl sites for hydroxylation is 2. The largest absolute Gasteiger partial charge is 0.361 e. The van der Waals surface area contributed by atoms with E-state index in [2.05, 4.69) is 17.1 Å². The van der Waals surface area contributed by atoms with Crippen LogP contribution in [0.25, 0.3) is 0 Å². The maximum atomic E-state index is 11.8. The maximum Gasteiger partial charge on any atom is 0.246 e. The van der Waals surface area contributed by atoms with Crippen LogP contribution < -0.4 is 5.32 Å². The van der Waals surface area contributed by atoms with Gasteiger partial charge < -0.3 is 14.7 Å². The lowest BCUT2D eigenvalue weighted by atomic mass is 10.1. The summed E-state index contributed by atoms with van der Waals surface area (Å²) in [6.07, 6.45) is 5.13. The SMILES string of the molecule is C=CC(=O)N1CCC[C@@H]1CCNC(=O)CCc1cc(C)on1. The van der Waals surface area contributed by atoms with E-state index in [-0.39, 0.29) is 17.9 Å². The van der Waals surface area contributed by atoms with Crippen molar-refractivity contribution in [2.45, 2.75) is 45.1 Å². The van der Waals surface area contributed by atoms with Crippen LogP contribution in [0.4, 0.5) is 0 Å². The highest BCUT2D eigenvalue weighted by atomic mass is 16.5. The van der Waals surface area contributed by atoms with Gasteiger partial charge in [-0.1, -0.05) is 11.7 Å². The number of likely N-dealkylation sites (tertiary alicyclic amines) is 1. The van der Waals surface area contributed by atoms with Gasteiger partial charge in [0.2, 0.25) is 11.8 Å². The Morgan fingerprint density at radius 1 is 1.59 bits per heavy atom. The van der Waals surface area contributed by atoms with Crippen LogP contribution in [-0.2, 0) is 16.0 Å². The molecule has 1 N–H and O–H groups in total. The fourth-order valence-corrected chi connectivity index (χ4v) is 2.79. The molecule has 2 heterocycles. The summed E-state index contributed by atoms with van der Waals surface area (Å²) in [5, 5.41) is 6.76. The summed E-state index contributed by atoms with van der Waals surface area (Å²) in [6.45, 7) is 6.73. The van der Waals surface area contributed by atoms with Crippen LogP contribution in [0.3, 0.4) is 0 Å². The Morgan fingerprint density at radius 3 is 3.09 bits per heavy atom. The zero-order valence-electron chi connectivity index (χ0n) is 13.0. The normalized spacial score (nSPS) is 17.5. The van der Waals surface area contributed by atoms with Crippen LogP contribution in [0.15, 0.2) is 23.2 Å². The minimum Gasteiger partial charge on any atom is -0.361 e. The number of hydrogen-bond donors (Lipinski definition) is 1. The highest BCUT2D eigenvalue weighted by molar-refractivity contribution is 5.87. The molecular weight excluding hydrogens is 282 g/mol. The summed E-state index contributed by atoms with van der Waals surface area (Å²) in [5.41, 5.74) is 0.797. The van der Waals surface area contributed by atoms with E-state index in [0.717, 1.165) is 37.3 Å². The van der Waals surface area contributed by atoms with E-state index in [1.807, 2.05) is 17.9 Å². The first-order chi connectivity index (χ1) is 10.6. The second-order valence-corrected chi connectivity index (χ2v) is 5.60. The number of hydrogen-bond acceptors (Lipinski definition) is 4. The zero-order chi connectivity index (χ0) is 15.9. The highest BCUT2D eigenvalue weighted by Gasteiger charge is 2.26. The van der Waals surface area contributed by atoms with Gasteiger partial charge in [0.15, 0.2) is 0 Å². The Morgan fingerprint density at radius 2 is 2.41 bits per heavy atom. The van der Waals surface area contributed by atoms with Gasteiger partial charge in [-0.05, 0) is 32.3 Å². The van der Waals surface area contributed by atoms with Crippen molar-refractivity contribution in [1.29, 1.82) is 0 Å². The van der Waals surface area contributed by atoms with E-state index in [9.17, 15) is 9.59 Å². The molecule has 0 radical (unpaired) electrons. The van der Waals surface area contributed by atoms with Crippen molar-refractivity contribution in [3.63, 3.8) is 0 Å². The molecule has 1 atom stereocenters. The topological polar surface area (TPSA) is 75.4 Å². The fourth-order valence-electron chi connectivity index (χ4n) is 2.79. The minimum atomic E-state index is -0.0183. The predicted molar refractivity (Wildman–Crippen MR) is 82.1 cm³/mol. The van der Waals surface area contributed by atoms with E-state index < -0.39 is 0 Å². The predicted octanol–water partition coefficient (Wildman–Crippen LogP) is 1.60. The van der Waals surface area contributed by atoms with E-state index in [0.29, 0.717) is 19.4 Å². The Balaban J connectivity index is 1.66. The third-order valence-corrected chi connectivity index (χ3v) is 3.92. The van der Waals surface area contributed by atoms with Crippen molar-refractivity contribution in [2.75, 3.05) is 13.1 Å². The molecule has 0 saturated carbocycles. The highest BCUT2D eigenvalue weighted by Crippen LogP contribution is 2.19. The zero-order valence-corrected chi connectivity index (χ0v) is 13.0. The minimum absolute atomic E-state index is 0.000229. The summed E-state index contributed by atoms with van der Waals surface area (Å²) in [7, 11) is 0. The maximum absolute atomic E-state index is 11.8. The molecule has 0 unspecified atom stereocenters. The standard InChI is InChI=1S/C16H23N3O3/c1-3-16(21)19-10-4-5-14(19)8-9-17-15(20)7-6-13-11-12(2)22-18-13/h3,11,14H,1,4-10H2,2H3,(H,17,20)/t14-/m1/s1. The molecular formula is C16H23N3O3. The van der Waals surface area contributed by atoms with Crippen LogP contribution in [0.1, 0.15) is 37.1 Å². The molecule has 120 valence electrons. The first kappa shape index (κ1) is 16.3. The smallest absolute Gasteiger partial charge is 0.246 e. The van der Waals surface area contributed by atoms with Gasteiger partial charge in [-0.25, -0.2) is 0 Å². The molecule has 2 rings (SSSR count). The number of nitrogens with one attached hydrogen (secondary N) is 1. The lowest BCUT2D eigenvalue weighted by Gasteiger charge is -2.23. The lowest BCUT2D eigenvalue weighted by molar-refractivity contribution is -0.126. The fraction of sp³-hybridized carbons (Fsp3) is 0.562. The molecule has 1 aliphatic rings. The van der Waals surface area contributed by atoms with Crippen LogP contribution in [0.5, 0.6) is 0 Å². The van der Waals surface area contributed by atoms with Gasteiger partial charge in [0, 0.05) is 38.0 Å². The number of rotatable bonds is 7. The van der Waals surface area contributed by atoms with Crippen molar-refractivity contribution >= 4 is 11.8 Å². The van der Waals surface area contributed by atoms with Crippen molar-refractivity contribution < 1.29 is 14.1 Å². The van der Waals surface area contributed by atoms with Gasteiger partial charge in [0.05, 0.1) is 5.69 Å². The second kappa shape index (κ2) is 7.77. The van der Waals surface area contributed by atoms with Crippen molar-refractivity contribution in [3.8, 4) is 0 Å². The molecule has 0 spiro atoms. The Bertz CT molecular complexity index is 538. The molecule has 1 aromatic rings. The number of aromatic nitrogens is 1. The Labute approximate surface area is 130 Å². The van der Waals surface area contributed by atoms with Gasteiger partial charge in [-0.3, -0.25) is 9.59 Å². The molecule has 1 saturated heterocycles. The number of nitrogens with zero attached hydrogens (tertiary/aromatic N) is 2. The molecule has 22 heavy (non-hydrogen) atoms. The third-order valence-electron chi connectivity index (χ3n) is 3.92.